The molecule has 4 aromatic rings. The molecule has 1 aliphatic carbocycles. The lowest BCUT2D eigenvalue weighted by molar-refractivity contribution is -0.115. The second kappa shape index (κ2) is 8.57. The van der Waals surface area contributed by atoms with Gasteiger partial charge in [0.05, 0.1) is 15.7 Å². The number of aromatic amines is 1. The Kier molecular flexibility index (Phi) is 5.65. The average Bonchev–Trinajstić information content (AvgIpc) is 3.37. The van der Waals surface area contributed by atoms with Crippen LogP contribution in [0.5, 0.6) is 0 Å². The summed E-state index contributed by atoms with van der Waals surface area (Å²) in [7, 11) is 0. The molecule has 0 saturated heterocycles. The molecule has 6 nitrogen and oxygen atoms in total. The minimum atomic E-state index is -0.142. The molecule has 2 aromatic heterocycles. The molecular weight excluding hydrogens is 453 g/mol. The maximum atomic E-state index is 12.4. The van der Waals surface area contributed by atoms with Gasteiger partial charge in [-0.15, -0.1) is 10.2 Å². The minimum absolute atomic E-state index is 0.142. The van der Waals surface area contributed by atoms with Gasteiger partial charge in [-0.1, -0.05) is 59.2 Å². The third-order valence-corrected chi connectivity index (χ3v) is 6.77. The van der Waals surface area contributed by atoms with Crippen LogP contribution in [0.1, 0.15) is 25.3 Å². The summed E-state index contributed by atoms with van der Waals surface area (Å²) >= 11 is 13.8. The number of amides is 1. The molecule has 31 heavy (non-hydrogen) atoms. The van der Waals surface area contributed by atoms with Crippen molar-refractivity contribution in [3.63, 3.8) is 0 Å². The number of hydrogen-bond donors (Lipinski definition) is 2. The van der Waals surface area contributed by atoms with Gasteiger partial charge < -0.3 is 10.3 Å². The van der Waals surface area contributed by atoms with Crippen molar-refractivity contribution in [3.05, 3.63) is 58.7 Å². The summed E-state index contributed by atoms with van der Waals surface area (Å²) in [6.07, 6.45) is 4.54. The number of nitrogens with one attached hydrogen (secondary N) is 2. The number of H-pyrrole nitrogens is 1. The van der Waals surface area contributed by atoms with Gasteiger partial charge in [-0.25, -0.2) is 0 Å². The standard InChI is InChI=1S/C22H19Cl2N5OS/c23-16-5-3-6-17(24)20(16)26-19(30)10-11-31-22-28-27-21(29(22)13-8-9-13)15-12-25-18-7-2-1-4-14(15)18/h1-7,12-13,25H,8-11H2,(H,26,30). The lowest BCUT2D eigenvalue weighted by Crippen LogP contribution is -2.13. The van der Waals surface area contributed by atoms with Gasteiger partial charge in [-0.2, -0.15) is 0 Å². The van der Waals surface area contributed by atoms with Crippen molar-refractivity contribution in [1.82, 2.24) is 19.7 Å². The van der Waals surface area contributed by atoms with Crippen LogP contribution < -0.4 is 5.32 Å². The normalized spacial score (nSPS) is 13.6. The molecule has 158 valence electrons. The fourth-order valence-corrected chi connectivity index (χ4v) is 4.97. The van der Waals surface area contributed by atoms with Crippen LogP contribution in [0.4, 0.5) is 5.69 Å². The van der Waals surface area contributed by atoms with Gasteiger partial charge in [0.1, 0.15) is 0 Å². The van der Waals surface area contributed by atoms with Crippen molar-refractivity contribution in [2.45, 2.75) is 30.5 Å². The van der Waals surface area contributed by atoms with Crippen molar-refractivity contribution < 1.29 is 4.79 Å². The summed E-state index contributed by atoms with van der Waals surface area (Å²) in [5.74, 6) is 1.30. The highest BCUT2D eigenvalue weighted by molar-refractivity contribution is 7.99. The first-order valence-corrected chi connectivity index (χ1v) is 11.7. The summed E-state index contributed by atoms with van der Waals surface area (Å²) in [6.45, 7) is 0. The SMILES string of the molecule is O=C(CCSc1nnc(-c2c[nH]c3ccccc23)n1C1CC1)Nc1c(Cl)cccc1Cl. The second-order valence-electron chi connectivity index (χ2n) is 7.40. The number of carbonyl (C=O) groups excluding carboxylic acids is 1. The van der Waals surface area contributed by atoms with E-state index in [1.54, 1.807) is 18.2 Å². The van der Waals surface area contributed by atoms with Crippen LogP contribution in [0, 0.1) is 0 Å². The summed E-state index contributed by atoms with van der Waals surface area (Å²) < 4.78 is 2.21. The average molecular weight is 472 g/mol. The molecule has 1 amide bonds. The number of rotatable bonds is 7. The van der Waals surface area contributed by atoms with Crippen molar-refractivity contribution in [3.8, 4) is 11.4 Å². The molecule has 1 aliphatic rings. The number of thioether (sulfide) groups is 1. The van der Waals surface area contributed by atoms with Crippen LogP contribution in [0.3, 0.4) is 0 Å². The largest absolute Gasteiger partial charge is 0.360 e. The number of aromatic nitrogens is 4. The molecule has 0 unspecified atom stereocenters. The van der Waals surface area contributed by atoms with Crippen LogP contribution >= 0.6 is 35.0 Å². The van der Waals surface area contributed by atoms with E-state index in [1.165, 1.54) is 11.8 Å². The number of fused-ring (bicyclic) bond motifs is 1. The Morgan fingerprint density at radius 2 is 1.90 bits per heavy atom. The van der Waals surface area contributed by atoms with Crippen LogP contribution in [0.2, 0.25) is 10.0 Å². The van der Waals surface area contributed by atoms with Crippen molar-refractivity contribution in [1.29, 1.82) is 0 Å². The molecule has 0 bridgehead atoms. The molecule has 0 aliphatic heterocycles. The molecule has 0 spiro atoms. The summed E-state index contributed by atoms with van der Waals surface area (Å²) in [5.41, 5.74) is 2.57. The molecular formula is C22H19Cl2N5OS. The molecule has 0 atom stereocenters. The third kappa shape index (κ3) is 4.18. The van der Waals surface area contributed by atoms with E-state index in [4.69, 9.17) is 23.2 Å². The van der Waals surface area contributed by atoms with E-state index in [1.807, 2.05) is 18.3 Å². The Hall–Kier alpha value is -2.48. The van der Waals surface area contributed by atoms with Crippen molar-refractivity contribution >= 4 is 57.5 Å². The molecule has 0 radical (unpaired) electrons. The van der Waals surface area contributed by atoms with Gasteiger partial charge in [-0.05, 0) is 31.0 Å². The Labute approximate surface area is 193 Å². The maximum Gasteiger partial charge on any atom is 0.225 e. The molecule has 9 heteroatoms. The Bertz CT molecular complexity index is 1240. The highest BCUT2D eigenvalue weighted by atomic mass is 35.5. The van der Waals surface area contributed by atoms with Gasteiger partial charge >= 0.3 is 0 Å². The van der Waals surface area contributed by atoms with Gasteiger partial charge in [0.25, 0.3) is 0 Å². The predicted molar refractivity (Wildman–Crippen MR) is 126 cm³/mol. The fraction of sp³-hybridized carbons (Fsp3) is 0.227. The lowest BCUT2D eigenvalue weighted by Gasteiger charge is -2.10. The van der Waals surface area contributed by atoms with Crippen molar-refractivity contribution in [2.75, 3.05) is 11.1 Å². The van der Waals surface area contributed by atoms with Crippen LogP contribution in [0.15, 0.2) is 53.8 Å². The molecule has 5 rings (SSSR count). The molecule has 2 N–H and O–H groups in total. The van der Waals surface area contributed by atoms with Gasteiger partial charge in [0.15, 0.2) is 11.0 Å². The lowest BCUT2D eigenvalue weighted by atomic mass is 10.1. The first kappa shape index (κ1) is 20.4. The minimum Gasteiger partial charge on any atom is -0.360 e. The fourth-order valence-electron chi connectivity index (χ4n) is 3.53. The highest BCUT2D eigenvalue weighted by Crippen LogP contribution is 2.42. The Morgan fingerprint density at radius 3 is 2.68 bits per heavy atom. The number of para-hydroxylation sites is 2. The van der Waals surface area contributed by atoms with E-state index in [0.717, 1.165) is 40.3 Å². The smallest absolute Gasteiger partial charge is 0.225 e. The van der Waals surface area contributed by atoms with E-state index in [0.29, 0.717) is 33.9 Å². The van der Waals surface area contributed by atoms with Crippen LogP contribution in [-0.2, 0) is 4.79 Å². The van der Waals surface area contributed by atoms with Gasteiger partial charge in [0, 0.05) is 40.9 Å². The van der Waals surface area contributed by atoms with Gasteiger partial charge in [-0.3, -0.25) is 9.36 Å². The molecule has 1 saturated carbocycles. The Balaban J connectivity index is 1.30. The van der Waals surface area contributed by atoms with Crippen LogP contribution in [-0.4, -0.2) is 31.4 Å². The second-order valence-corrected chi connectivity index (χ2v) is 9.28. The number of nitrogens with zero attached hydrogens (tertiary/aromatic N) is 3. The van der Waals surface area contributed by atoms with E-state index >= 15 is 0 Å². The van der Waals surface area contributed by atoms with Gasteiger partial charge in [0.2, 0.25) is 5.91 Å². The van der Waals surface area contributed by atoms with Crippen molar-refractivity contribution in [2.24, 2.45) is 0 Å². The predicted octanol–water partition coefficient (Wildman–Crippen LogP) is 6.19. The zero-order valence-corrected chi connectivity index (χ0v) is 18.8. The first-order valence-electron chi connectivity index (χ1n) is 10.00. The quantitative estimate of drug-likeness (QED) is 0.315. The summed E-state index contributed by atoms with van der Waals surface area (Å²) in [6, 6.07) is 13.7. The molecule has 2 aromatic carbocycles. The molecule has 1 fully saturated rings. The third-order valence-electron chi connectivity index (χ3n) is 5.19. The van der Waals surface area contributed by atoms with E-state index in [2.05, 4.69) is 37.2 Å². The topological polar surface area (TPSA) is 75.6 Å². The summed E-state index contributed by atoms with van der Waals surface area (Å²) in [4.78, 5) is 15.7. The number of benzene rings is 2. The molecule has 2 heterocycles. The van der Waals surface area contributed by atoms with E-state index in [-0.39, 0.29) is 5.91 Å². The maximum absolute atomic E-state index is 12.4. The van der Waals surface area contributed by atoms with E-state index in [9.17, 15) is 4.79 Å². The summed E-state index contributed by atoms with van der Waals surface area (Å²) in [5, 5.41) is 14.5. The monoisotopic (exact) mass is 471 g/mol. The number of carbonyl (C=O) groups is 1. The number of anilines is 1. The van der Waals surface area contributed by atoms with E-state index < -0.39 is 0 Å². The zero-order chi connectivity index (χ0) is 21.4. The first-order chi connectivity index (χ1) is 15.1. The Morgan fingerprint density at radius 1 is 1.13 bits per heavy atom. The van der Waals surface area contributed by atoms with Crippen LogP contribution in [0.25, 0.3) is 22.3 Å². The zero-order valence-electron chi connectivity index (χ0n) is 16.4. The number of halogens is 2. The number of hydrogen-bond acceptors (Lipinski definition) is 4. The highest BCUT2D eigenvalue weighted by Gasteiger charge is 2.31.